The van der Waals surface area contributed by atoms with E-state index in [1.807, 2.05) is 57.2 Å². The number of rotatable bonds is 6. The van der Waals surface area contributed by atoms with Crippen molar-refractivity contribution < 1.29 is 14.3 Å². The van der Waals surface area contributed by atoms with Crippen LogP contribution in [0.3, 0.4) is 0 Å². The van der Waals surface area contributed by atoms with Crippen molar-refractivity contribution in [2.45, 2.75) is 27.7 Å². The molecular formula is C24H27N3O3. The molecule has 30 heavy (non-hydrogen) atoms. The molecule has 0 saturated carbocycles. The maximum atomic E-state index is 12.8. The highest BCUT2D eigenvalue weighted by Gasteiger charge is 2.21. The monoisotopic (exact) mass is 405 g/mol. The van der Waals surface area contributed by atoms with Crippen LogP contribution in [-0.4, -0.2) is 37.1 Å². The van der Waals surface area contributed by atoms with E-state index < -0.39 is 5.97 Å². The van der Waals surface area contributed by atoms with Crippen molar-refractivity contribution in [2.24, 2.45) is 0 Å². The molecule has 3 rings (SSSR count). The van der Waals surface area contributed by atoms with Gasteiger partial charge in [-0.1, -0.05) is 29.8 Å². The van der Waals surface area contributed by atoms with Crippen LogP contribution in [-0.2, 0) is 9.53 Å². The molecule has 0 fully saturated rings. The third kappa shape index (κ3) is 4.43. The van der Waals surface area contributed by atoms with E-state index in [9.17, 15) is 9.59 Å². The van der Waals surface area contributed by atoms with E-state index in [0.717, 1.165) is 33.3 Å². The summed E-state index contributed by atoms with van der Waals surface area (Å²) < 4.78 is 5.22. The second kappa shape index (κ2) is 8.95. The van der Waals surface area contributed by atoms with Gasteiger partial charge in [0, 0.05) is 24.3 Å². The molecule has 0 aliphatic carbocycles. The van der Waals surface area contributed by atoms with Crippen molar-refractivity contribution in [1.29, 1.82) is 0 Å². The van der Waals surface area contributed by atoms with Crippen molar-refractivity contribution in [3.05, 3.63) is 64.8 Å². The summed E-state index contributed by atoms with van der Waals surface area (Å²) in [6.45, 7) is 8.01. The lowest BCUT2D eigenvalue weighted by molar-refractivity contribution is -0.114. The Kier molecular flexibility index (Phi) is 6.35. The Morgan fingerprint density at radius 2 is 1.80 bits per heavy atom. The average Bonchev–Trinajstić information content (AvgIpc) is 2.70. The van der Waals surface area contributed by atoms with Gasteiger partial charge in [-0.05, 0) is 51.0 Å². The number of hydrogen-bond donors (Lipinski definition) is 1. The molecule has 3 aromatic rings. The summed E-state index contributed by atoms with van der Waals surface area (Å²) in [5.74, 6) is -0.618. The Morgan fingerprint density at radius 1 is 1.10 bits per heavy atom. The summed E-state index contributed by atoms with van der Waals surface area (Å²) in [4.78, 5) is 31.6. The van der Waals surface area contributed by atoms with E-state index in [1.54, 1.807) is 18.9 Å². The highest BCUT2D eigenvalue weighted by molar-refractivity contribution is 6.06. The van der Waals surface area contributed by atoms with E-state index in [4.69, 9.17) is 4.74 Å². The van der Waals surface area contributed by atoms with Crippen molar-refractivity contribution in [3.63, 3.8) is 0 Å². The first-order valence-corrected chi connectivity index (χ1v) is 9.95. The minimum absolute atomic E-state index is 0.0766. The quantitative estimate of drug-likeness (QED) is 0.615. The average molecular weight is 405 g/mol. The third-order valence-corrected chi connectivity index (χ3v) is 5.00. The molecule has 1 aromatic heterocycles. The number of esters is 1. The topological polar surface area (TPSA) is 71.5 Å². The molecule has 1 amide bonds. The van der Waals surface area contributed by atoms with Crippen LogP contribution in [0.25, 0.3) is 10.9 Å². The number of hydrogen-bond acceptors (Lipinski definition) is 5. The molecule has 0 atom stereocenters. The Labute approximate surface area is 176 Å². The van der Waals surface area contributed by atoms with E-state index in [0.29, 0.717) is 11.3 Å². The van der Waals surface area contributed by atoms with Gasteiger partial charge in [-0.3, -0.25) is 9.78 Å². The van der Waals surface area contributed by atoms with Crippen molar-refractivity contribution in [1.82, 2.24) is 4.98 Å². The number of amides is 1. The van der Waals surface area contributed by atoms with Gasteiger partial charge in [0.25, 0.3) is 0 Å². The molecule has 0 bridgehead atoms. The number of pyridine rings is 1. The van der Waals surface area contributed by atoms with Gasteiger partial charge < -0.3 is 15.0 Å². The summed E-state index contributed by atoms with van der Waals surface area (Å²) in [6.07, 6.45) is 1.52. The zero-order chi connectivity index (χ0) is 21.8. The molecule has 6 heteroatoms. The van der Waals surface area contributed by atoms with E-state index in [2.05, 4.69) is 10.3 Å². The molecule has 0 saturated heterocycles. The summed E-state index contributed by atoms with van der Waals surface area (Å²) in [5, 5.41) is 3.81. The number of fused-ring (bicyclic) bond motifs is 1. The summed E-state index contributed by atoms with van der Waals surface area (Å²) in [7, 11) is 1.80. The van der Waals surface area contributed by atoms with Gasteiger partial charge in [-0.2, -0.15) is 0 Å². The number of anilines is 2. The number of aryl methyl sites for hydroxylation is 3. The number of nitrogens with zero attached hydrogens (tertiary/aromatic N) is 2. The second-order valence-electron chi connectivity index (χ2n) is 7.43. The number of aromatic nitrogens is 1. The first kappa shape index (κ1) is 21.3. The molecule has 0 radical (unpaired) electrons. The van der Waals surface area contributed by atoms with Gasteiger partial charge in [0.1, 0.15) is 5.56 Å². The van der Waals surface area contributed by atoms with Crippen LogP contribution >= 0.6 is 0 Å². The van der Waals surface area contributed by atoms with Crippen LogP contribution in [0.1, 0.15) is 34.0 Å². The molecule has 0 spiro atoms. The Morgan fingerprint density at radius 3 is 2.47 bits per heavy atom. The van der Waals surface area contributed by atoms with Gasteiger partial charge in [-0.25, -0.2) is 4.79 Å². The molecule has 1 N–H and O–H groups in total. The van der Waals surface area contributed by atoms with Crippen molar-refractivity contribution in [3.8, 4) is 0 Å². The standard InChI is InChI=1S/C24H27N3O3/c1-6-30-24(29)19-13-25-20-11-10-15(2)12-18(20)23(19)27(5)14-21(28)26-22-16(3)8-7-9-17(22)4/h7-13H,6,14H2,1-5H3,(H,26,28). The lowest BCUT2D eigenvalue weighted by atomic mass is 10.1. The number of likely N-dealkylation sites (N-methyl/N-ethyl adjacent to an activating group) is 1. The maximum absolute atomic E-state index is 12.8. The second-order valence-corrected chi connectivity index (χ2v) is 7.43. The van der Waals surface area contributed by atoms with Crippen molar-refractivity contribution in [2.75, 3.05) is 30.4 Å². The zero-order valence-corrected chi connectivity index (χ0v) is 18.1. The molecule has 0 aliphatic rings. The summed E-state index contributed by atoms with van der Waals surface area (Å²) >= 11 is 0. The van der Waals surface area contributed by atoms with Gasteiger partial charge in [0.2, 0.25) is 5.91 Å². The van der Waals surface area contributed by atoms with Crippen LogP contribution in [0.4, 0.5) is 11.4 Å². The van der Waals surface area contributed by atoms with E-state index in [1.165, 1.54) is 6.20 Å². The van der Waals surface area contributed by atoms with Crippen LogP contribution in [0.2, 0.25) is 0 Å². The largest absolute Gasteiger partial charge is 0.462 e. The number of carbonyl (C=O) groups excluding carboxylic acids is 2. The number of para-hydroxylation sites is 1. The predicted octanol–water partition coefficient (Wildman–Crippen LogP) is 4.41. The fourth-order valence-corrected chi connectivity index (χ4v) is 3.55. The van der Waals surface area contributed by atoms with E-state index >= 15 is 0 Å². The SMILES string of the molecule is CCOC(=O)c1cnc2ccc(C)cc2c1N(C)CC(=O)Nc1c(C)cccc1C. The minimum atomic E-state index is -0.453. The summed E-state index contributed by atoms with van der Waals surface area (Å²) in [6, 6.07) is 11.7. The number of nitrogens with one attached hydrogen (secondary N) is 1. The smallest absolute Gasteiger partial charge is 0.341 e. The summed E-state index contributed by atoms with van der Waals surface area (Å²) in [5.41, 5.74) is 5.60. The molecule has 156 valence electrons. The molecule has 0 aliphatic heterocycles. The van der Waals surface area contributed by atoms with Gasteiger partial charge in [0.15, 0.2) is 0 Å². The van der Waals surface area contributed by atoms with E-state index in [-0.39, 0.29) is 19.1 Å². The normalized spacial score (nSPS) is 10.7. The van der Waals surface area contributed by atoms with Crippen LogP contribution in [0, 0.1) is 20.8 Å². The molecular weight excluding hydrogens is 378 g/mol. The number of ether oxygens (including phenoxy) is 1. The van der Waals surface area contributed by atoms with Crippen LogP contribution in [0.5, 0.6) is 0 Å². The Balaban J connectivity index is 1.97. The molecule has 1 heterocycles. The number of benzene rings is 2. The van der Waals surface area contributed by atoms with Gasteiger partial charge >= 0.3 is 5.97 Å². The predicted molar refractivity (Wildman–Crippen MR) is 120 cm³/mol. The highest BCUT2D eigenvalue weighted by atomic mass is 16.5. The first-order valence-electron chi connectivity index (χ1n) is 9.95. The lowest BCUT2D eigenvalue weighted by Gasteiger charge is -2.23. The Hall–Kier alpha value is -3.41. The lowest BCUT2D eigenvalue weighted by Crippen LogP contribution is -2.32. The fraction of sp³-hybridized carbons (Fsp3) is 0.292. The molecule has 0 unspecified atom stereocenters. The first-order chi connectivity index (χ1) is 14.3. The van der Waals surface area contributed by atoms with Gasteiger partial charge in [-0.15, -0.1) is 0 Å². The maximum Gasteiger partial charge on any atom is 0.341 e. The van der Waals surface area contributed by atoms with Crippen LogP contribution < -0.4 is 10.2 Å². The van der Waals surface area contributed by atoms with Crippen molar-refractivity contribution >= 4 is 34.2 Å². The fourth-order valence-electron chi connectivity index (χ4n) is 3.55. The van der Waals surface area contributed by atoms with Crippen LogP contribution in [0.15, 0.2) is 42.6 Å². The molecule has 2 aromatic carbocycles. The van der Waals surface area contributed by atoms with Gasteiger partial charge in [0.05, 0.1) is 24.4 Å². The third-order valence-electron chi connectivity index (χ3n) is 5.00. The molecule has 6 nitrogen and oxygen atoms in total. The number of carbonyl (C=O) groups is 2. The minimum Gasteiger partial charge on any atom is -0.462 e. The highest BCUT2D eigenvalue weighted by Crippen LogP contribution is 2.30. The zero-order valence-electron chi connectivity index (χ0n) is 18.1. The Bertz CT molecular complexity index is 1090.